The molecule has 0 spiro atoms. The molecule has 0 amide bonds. The van der Waals surface area contributed by atoms with E-state index in [4.69, 9.17) is 10.2 Å². The molecule has 7 nitrogen and oxygen atoms in total. The summed E-state index contributed by atoms with van der Waals surface area (Å²) in [6.45, 7) is 4.33. The number of hydrogen-bond acceptors (Lipinski definition) is 6. The summed E-state index contributed by atoms with van der Waals surface area (Å²) >= 11 is 0. The number of pyridine rings is 1. The Kier molecular flexibility index (Phi) is 6.20. The molecule has 1 aliphatic rings. The first kappa shape index (κ1) is 20.5. The molecule has 2 aromatic carbocycles. The fraction of sp³-hybridized carbons (Fsp3) is 0.250. The second-order valence-corrected chi connectivity index (χ2v) is 7.59. The first-order valence-electron chi connectivity index (χ1n) is 10.3. The van der Waals surface area contributed by atoms with Gasteiger partial charge in [-0.1, -0.05) is 42.5 Å². The second kappa shape index (κ2) is 9.37. The zero-order chi connectivity index (χ0) is 21.6. The van der Waals surface area contributed by atoms with E-state index >= 15 is 0 Å². The van der Waals surface area contributed by atoms with Crippen LogP contribution in [0, 0.1) is 21.4 Å². The first-order valence-corrected chi connectivity index (χ1v) is 10.3. The maximum atomic E-state index is 11.5. The highest BCUT2D eigenvalue weighted by Crippen LogP contribution is 2.30. The highest BCUT2D eigenvalue weighted by Gasteiger charge is 2.21. The molecule has 156 valence electrons. The van der Waals surface area contributed by atoms with Crippen molar-refractivity contribution in [3.05, 3.63) is 88.0 Å². The van der Waals surface area contributed by atoms with Crippen molar-refractivity contribution in [1.82, 2.24) is 9.88 Å². The van der Waals surface area contributed by atoms with Crippen LogP contribution in [0.2, 0.25) is 0 Å². The highest BCUT2D eigenvalue weighted by atomic mass is 16.6. The van der Waals surface area contributed by atoms with Crippen molar-refractivity contribution in [3.63, 3.8) is 0 Å². The van der Waals surface area contributed by atoms with E-state index in [9.17, 15) is 10.1 Å². The van der Waals surface area contributed by atoms with E-state index in [-0.39, 0.29) is 10.6 Å². The molecular weight excluding hydrogens is 390 g/mol. The van der Waals surface area contributed by atoms with Gasteiger partial charge in [0.25, 0.3) is 5.69 Å². The summed E-state index contributed by atoms with van der Waals surface area (Å²) in [5.41, 5.74) is 3.03. The van der Waals surface area contributed by atoms with Crippen LogP contribution >= 0.6 is 0 Å². The van der Waals surface area contributed by atoms with Crippen LogP contribution in [0.3, 0.4) is 0 Å². The lowest BCUT2D eigenvalue weighted by atomic mass is 10.1. The molecule has 0 N–H and O–H groups in total. The molecular formula is C24H23N5O2. The quantitative estimate of drug-likeness (QED) is 0.459. The van der Waals surface area contributed by atoms with E-state index in [1.165, 1.54) is 5.56 Å². The van der Waals surface area contributed by atoms with Gasteiger partial charge < -0.3 is 4.90 Å². The van der Waals surface area contributed by atoms with E-state index in [2.05, 4.69) is 15.9 Å². The minimum absolute atomic E-state index is 0.0206. The molecule has 4 rings (SSSR count). The molecule has 0 radical (unpaired) electrons. The van der Waals surface area contributed by atoms with E-state index in [1.54, 1.807) is 12.1 Å². The lowest BCUT2D eigenvalue weighted by Gasteiger charge is -2.23. The normalized spacial score (nSPS) is 14.6. The Morgan fingerprint density at radius 3 is 2.45 bits per heavy atom. The lowest BCUT2D eigenvalue weighted by Crippen LogP contribution is -2.31. The summed E-state index contributed by atoms with van der Waals surface area (Å²) in [5, 5.41) is 20.5. The van der Waals surface area contributed by atoms with Crippen molar-refractivity contribution in [1.29, 1.82) is 5.26 Å². The number of aromatic nitrogens is 1. The molecule has 2 heterocycles. The van der Waals surface area contributed by atoms with E-state index in [0.717, 1.165) is 50.5 Å². The molecule has 0 bridgehead atoms. The van der Waals surface area contributed by atoms with Crippen LogP contribution in [0.4, 0.5) is 11.5 Å². The topological polar surface area (TPSA) is 86.3 Å². The number of benzene rings is 2. The molecule has 31 heavy (non-hydrogen) atoms. The monoisotopic (exact) mass is 413 g/mol. The van der Waals surface area contributed by atoms with Crippen LogP contribution in [0.5, 0.6) is 0 Å². The van der Waals surface area contributed by atoms with Gasteiger partial charge in [-0.15, -0.1) is 0 Å². The summed E-state index contributed by atoms with van der Waals surface area (Å²) in [6.07, 6.45) is 0.982. The molecule has 3 aromatic rings. The number of nitro groups is 1. The third-order valence-electron chi connectivity index (χ3n) is 5.50. The zero-order valence-electron chi connectivity index (χ0n) is 17.1. The first-order chi connectivity index (χ1) is 15.1. The van der Waals surface area contributed by atoms with Crippen molar-refractivity contribution in [2.75, 3.05) is 31.1 Å². The minimum Gasteiger partial charge on any atom is -0.355 e. The Hall–Kier alpha value is -3.76. The molecule has 0 aliphatic carbocycles. The van der Waals surface area contributed by atoms with Gasteiger partial charge in [0.05, 0.1) is 16.6 Å². The molecule has 7 heteroatoms. The smallest absolute Gasteiger partial charge is 0.295 e. The van der Waals surface area contributed by atoms with Crippen molar-refractivity contribution in [2.24, 2.45) is 0 Å². The molecule has 1 aliphatic heterocycles. The SMILES string of the molecule is N#Cc1ccc(CN2CCCN(c3ccc([N+](=O)[O-])c(-c4ccccc4)n3)CC2)cc1. The van der Waals surface area contributed by atoms with Crippen LogP contribution in [-0.4, -0.2) is 41.0 Å². The summed E-state index contributed by atoms with van der Waals surface area (Å²) < 4.78 is 0. The second-order valence-electron chi connectivity index (χ2n) is 7.59. The summed E-state index contributed by atoms with van der Waals surface area (Å²) in [7, 11) is 0. The van der Waals surface area contributed by atoms with Crippen molar-refractivity contribution < 1.29 is 4.92 Å². The zero-order valence-corrected chi connectivity index (χ0v) is 17.1. The largest absolute Gasteiger partial charge is 0.355 e. The van der Waals surface area contributed by atoms with Crippen LogP contribution < -0.4 is 4.90 Å². The molecule has 1 saturated heterocycles. The van der Waals surface area contributed by atoms with Gasteiger partial charge in [-0.3, -0.25) is 15.0 Å². The molecule has 0 saturated carbocycles. The fourth-order valence-corrected chi connectivity index (χ4v) is 3.87. The van der Waals surface area contributed by atoms with E-state index in [1.807, 2.05) is 54.6 Å². The van der Waals surface area contributed by atoms with Gasteiger partial charge in [-0.25, -0.2) is 4.98 Å². The Labute approximate surface area is 181 Å². The Bertz CT molecular complexity index is 1090. The lowest BCUT2D eigenvalue weighted by molar-refractivity contribution is -0.384. The summed E-state index contributed by atoms with van der Waals surface area (Å²) in [4.78, 5) is 20.4. The van der Waals surface area contributed by atoms with Crippen LogP contribution in [-0.2, 0) is 6.54 Å². The molecule has 1 fully saturated rings. The molecule has 0 unspecified atom stereocenters. The highest BCUT2D eigenvalue weighted by molar-refractivity contribution is 5.71. The standard InChI is InChI=1S/C24H23N5O2/c25-17-19-7-9-20(10-8-19)18-27-13-4-14-28(16-15-27)23-12-11-22(29(30)31)24(26-23)21-5-2-1-3-6-21/h1-3,5-12H,4,13-16,18H2. The number of rotatable bonds is 5. The fourth-order valence-electron chi connectivity index (χ4n) is 3.87. The van der Waals surface area contributed by atoms with Gasteiger partial charge in [-0.2, -0.15) is 5.26 Å². The average molecular weight is 413 g/mol. The van der Waals surface area contributed by atoms with Gasteiger partial charge in [0.15, 0.2) is 5.69 Å². The third kappa shape index (κ3) is 4.87. The Morgan fingerprint density at radius 2 is 1.74 bits per heavy atom. The summed E-state index contributed by atoms with van der Waals surface area (Å²) in [5.74, 6) is 0.768. The van der Waals surface area contributed by atoms with Gasteiger partial charge in [-0.05, 0) is 30.2 Å². The molecule has 1 aromatic heterocycles. The van der Waals surface area contributed by atoms with Crippen LogP contribution in [0.1, 0.15) is 17.5 Å². The van der Waals surface area contributed by atoms with E-state index in [0.29, 0.717) is 11.3 Å². The summed E-state index contributed by atoms with van der Waals surface area (Å²) in [6, 6.07) is 22.5. The van der Waals surface area contributed by atoms with Crippen molar-refractivity contribution >= 4 is 11.5 Å². The maximum absolute atomic E-state index is 11.5. The maximum Gasteiger partial charge on any atom is 0.295 e. The predicted octanol–water partition coefficient (Wildman–Crippen LogP) is 4.24. The van der Waals surface area contributed by atoms with Crippen molar-refractivity contribution in [3.8, 4) is 17.3 Å². The number of hydrogen-bond donors (Lipinski definition) is 0. The van der Waals surface area contributed by atoms with Gasteiger partial charge in [0.1, 0.15) is 5.82 Å². The van der Waals surface area contributed by atoms with E-state index < -0.39 is 0 Å². The van der Waals surface area contributed by atoms with Crippen LogP contribution in [0.25, 0.3) is 11.3 Å². The minimum atomic E-state index is -0.374. The Balaban J connectivity index is 1.50. The third-order valence-corrected chi connectivity index (χ3v) is 5.50. The van der Waals surface area contributed by atoms with Gasteiger partial charge >= 0.3 is 0 Å². The van der Waals surface area contributed by atoms with Gasteiger partial charge in [0, 0.05) is 44.4 Å². The number of anilines is 1. The molecule has 0 atom stereocenters. The van der Waals surface area contributed by atoms with Gasteiger partial charge in [0.2, 0.25) is 0 Å². The van der Waals surface area contributed by atoms with Crippen molar-refractivity contribution in [2.45, 2.75) is 13.0 Å². The average Bonchev–Trinajstić information content (AvgIpc) is 3.05. The number of nitrogens with zero attached hydrogens (tertiary/aromatic N) is 5. The Morgan fingerprint density at radius 1 is 0.968 bits per heavy atom. The number of nitriles is 1. The predicted molar refractivity (Wildman–Crippen MR) is 120 cm³/mol. The van der Waals surface area contributed by atoms with Crippen LogP contribution in [0.15, 0.2) is 66.7 Å².